The zero-order valence-corrected chi connectivity index (χ0v) is 10.4. The molecule has 3 heterocycles. The maximum atomic E-state index is 5.99. The summed E-state index contributed by atoms with van der Waals surface area (Å²) < 4.78 is 5.51. The number of H-pyrrole nitrogens is 1. The molecule has 0 atom stereocenters. The second-order valence-electron chi connectivity index (χ2n) is 4.02. The quantitative estimate of drug-likeness (QED) is 0.747. The minimum atomic E-state index is 0.549. The Labute approximate surface area is 109 Å². The standard InChI is InChI=1S/C13H13N5O/c1-2-19-13-8(4-3-5-15-13)10-6-9(14)12-11(17-10)7-16-18-12/h3-7H,2H2,1H3,(H2,14,17)(H,16,18). The summed E-state index contributed by atoms with van der Waals surface area (Å²) in [5.41, 5.74) is 9.60. The van der Waals surface area contributed by atoms with Gasteiger partial charge in [-0.05, 0) is 25.1 Å². The summed E-state index contributed by atoms with van der Waals surface area (Å²) in [6.45, 7) is 2.47. The molecule has 3 aromatic heterocycles. The molecule has 6 nitrogen and oxygen atoms in total. The van der Waals surface area contributed by atoms with Crippen molar-refractivity contribution in [1.82, 2.24) is 20.2 Å². The van der Waals surface area contributed by atoms with E-state index in [0.717, 1.165) is 22.3 Å². The minimum absolute atomic E-state index is 0.549. The third-order valence-electron chi connectivity index (χ3n) is 2.77. The molecule has 3 rings (SSSR count). The van der Waals surface area contributed by atoms with Crippen LogP contribution in [0.1, 0.15) is 6.92 Å². The van der Waals surface area contributed by atoms with Gasteiger partial charge in [0.1, 0.15) is 11.0 Å². The molecule has 3 aromatic rings. The van der Waals surface area contributed by atoms with Gasteiger partial charge in [-0.3, -0.25) is 5.10 Å². The molecule has 0 fully saturated rings. The van der Waals surface area contributed by atoms with Crippen LogP contribution in [-0.2, 0) is 0 Å². The van der Waals surface area contributed by atoms with Crippen LogP contribution in [0.3, 0.4) is 0 Å². The van der Waals surface area contributed by atoms with Crippen LogP contribution in [0, 0.1) is 0 Å². The lowest BCUT2D eigenvalue weighted by molar-refractivity contribution is 0.328. The maximum absolute atomic E-state index is 5.99. The van der Waals surface area contributed by atoms with Crippen molar-refractivity contribution in [2.75, 3.05) is 12.3 Å². The van der Waals surface area contributed by atoms with Crippen molar-refractivity contribution < 1.29 is 4.74 Å². The SMILES string of the molecule is CCOc1ncccc1-c1cc(N)c2[nH]ncc2n1. The Bertz CT molecular complexity index is 722. The molecular formula is C13H13N5O. The fraction of sp³-hybridized carbons (Fsp3) is 0.154. The molecule has 0 saturated heterocycles. The maximum Gasteiger partial charge on any atom is 0.222 e. The number of rotatable bonds is 3. The van der Waals surface area contributed by atoms with Gasteiger partial charge < -0.3 is 10.5 Å². The fourth-order valence-corrected chi connectivity index (χ4v) is 1.93. The van der Waals surface area contributed by atoms with Gasteiger partial charge in [0.2, 0.25) is 5.88 Å². The molecule has 0 unspecified atom stereocenters. The number of aromatic amines is 1. The van der Waals surface area contributed by atoms with Crippen LogP contribution in [0.2, 0.25) is 0 Å². The molecule has 6 heteroatoms. The van der Waals surface area contributed by atoms with Gasteiger partial charge in [0.15, 0.2) is 0 Å². The molecule has 19 heavy (non-hydrogen) atoms. The number of aromatic nitrogens is 4. The first-order chi connectivity index (χ1) is 9.29. The van der Waals surface area contributed by atoms with Crippen LogP contribution < -0.4 is 10.5 Å². The predicted octanol–water partition coefficient (Wildman–Crippen LogP) is 2.00. The fourth-order valence-electron chi connectivity index (χ4n) is 1.93. The zero-order chi connectivity index (χ0) is 13.2. The number of pyridine rings is 2. The lowest BCUT2D eigenvalue weighted by Crippen LogP contribution is -1.98. The molecule has 0 aliphatic rings. The predicted molar refractivity (Wildman–Crippen MR) is 72.7 cm³/mol. The molecule has 0 amide bonds. The normalized spacial score (nSPS) is 10.8. The first-order valence-corrected chi connectivity index (χ1v) is 5.97. The van der Waals surface area contributed by atoms with E-state index in [1.54, 1.807) is 18.5 Å². The number of fused-ring (bicyclic) bond motifs is 1. The number of hydrogen-bond acceptors (Lipinski definition) is 5. The highest BCUT2D eigenvalue weighted by atomic mass is 16.5. The van der Waals surface area contributed by atoms with E-state index in [4.69, 9.17) is 10.5 Å². The summed E-state index contributed by atoms with van der Waals surface area (Å²) in [6.07, 6.45) is 3.33. The Hall–Kier alpha value is -2.63. The van der Waals surface area contributed by atoms with Crippen LogP contribution in [-0.4, -0.2) is 26.8 Å². The van der Waals surface area contributed by atoms with Crippen LogP contribution >= 0.6 is 0 Å². The molecule has 96 valence electrons. The Kier molecular flexibility index (Phi) is 2.75. The molecule has 0 aliphatic heterocycles. The average molecular weight is 255 g/mol. The molecular weight excluding hydrogens is 242 g/mol. The third-order valence-corrected chi connectivity index (χ3v) is 2.77. The van der Waals surface area contributed by atoms with Gasteiger partial charge in [0, 0.05) is 6.20 Å². The van der Waals surface area contributed by atoms with Crippen molar-refractivity contribution in [3.05, 3.63) is 30.6 Å². The summed E-state index contributed by atoms with van der Waals surface area (Å²) in [6, 6.07) is 5.54. The average Bonchev–Trinajstić information content (AvgIpc) is 2.88. The number of nitrogen functional groups attached to an aromatic ring is 1. The number of ether oxygens (including phenoxy) is 1. The van der Waals surface area contributed by atoms with Gasteiger partial charge in [-0.15, -0.1) is 0 Å². The number of nitrogens with zero attached hydrogens (tertiary/aromatic N) is 3. The number of nitrogens with two attached hydrogens (primary N) is 1. The zero-order valence-electron chi connectivity index (χ0n) is 10.4. The van der Waals surface area contributed by atoms with Gasteiger partial charge in [-0.25, -0.2) is 9.97 Å². The van der Waals surface area contributed by atoms with Crippen molar-refractivity contribution in [2.24, 2.45) is 0 Å². The number of anilines is 1. The van der Waals surface area contributed by atoms with Crippen molar-refractivity contribution in [1.29, 1.82) is 0 Å². The minimum Gasteiger partial charge on any atom is -0.477 e. The highest BCUT2D eigenvalue weighted by Gasteiger charge is 2.11. The van der Waals surface area contributed by atoms with Gasteiger partial charge in [-0.1, -0.05) is 0 Å². The van der Waals surface area contributed by atoms with E-state index in [-0.39, 0.29) is 0 Å². The molecule has 0 saturated carbocycles. The van der Waals surface area contributed by atoms with Crippen molar-refractivity contribution in [3.8, 4) is 17.1 Å². The molecule has 3 N–H and O–H groups in total. The Morgan fingerprint density at radius 3 is 3.16 bits per heavy atom. The van der Waals surface area contributed by atoms with Crippen LogP contribution in [0.5, 0.6) is 5.88 Å². The highest BCUT2D eigenvalue weighted by molar-refractivity contribution is 5.89. The smallest absolute Gasteiger partial charge is 0.222 e. The molecule has 0 spiro atoms. The lowest BCUT2D eigenvalue weighted by atomic mass is 10.1. The molecule has 0 aliphatic carbocycles. The second kappa shape index (κ2) is 4.56. The van der Waals surface area contributed by atoms with Gasteiger partial charge in [0.05, 0.1) is 29.7 Å². The van der Waals surface area contributed by atoms with Crippen molar-refractivity contribution in [2.45, 2.75) is 6.92 Å². The highest BCUT2D eigenvalue weighted by Crippen LogP contribution is 2.30. The molecule has 0 bridgehead atoms. The Morgan fingerprint density at radius 2 is 2.32 bits per heavy atom. The van der Waals surface area contributed by atoms with E-state index < -0.39 is 0 Å². The second-order valence-corrected chi connectivity index (χ2v) is 4.02. The number of nitrogens with one attached hydrogen (secondary N) is 1. The van der Waals surface area contributed by atoms with E-state index in [1.165, 1.54) is 0 Å². The third kappa shape index (κ3) is 1.97. The largest absolute Gasteiger partial charge is 0.477 e. The first-order valence-electron chi connectivity index (χ1n) is 5.97. The van der Waals surface area contributed by atoms with Crippen molar-refractivity contribution in [3.63, 3.8) is 0 Å². The summed E-state index contributed by atoms with van der Waals surface area (Å²) >= 11 is 0. The Morgan fingerprint density at radius 1 is 1.42 bits per heavy atom. The summed E-state index contributed by atoms with van der Waals surface area (Å²) in [7, 11) is 0. The van der Waals surface area contributed by atoms with E-state index in [9.17, 15) is 0 Å². The van der Waals surface area contributed by atoms with Gasteiger partial charge in [-0.2, -0.15) is 5.10 Å². The van der Waals surface area contributed by atoms with Crippen LogP contribution in [0.15, 0.2) is 30.6 Å². The monoisotopic (exact) mass is 255 g/mol. The first kappa shape index (κ1) is 11.5. The summed E-state index contributed by atoms with van der Waals surface area (Å²) in [4.78, 5) is 8.73. The summed E-state index contributed by atoms with van der Waals surface area (Å²) in [5, 5.41) is 6.76. The van der Waals surface area contributed by atoms with E-state index in [1.807, 2.05) is 19.1 Å². The van der Waals surface area contributed by atoms with Crippen LogP contribution in [0.25, 0.3) is 22.3 Å². The van der Waals surface area contributed by atoms with Crippen LogP contribution in [0.4, 0.5) is 5.69 Å². The van der Waals surface area contributed by atoms with E-state index in [0.29, 0.717) is 18.2 Å². The van der Waals surface area contributed by atoms with Gasteiger partial charge >= 0.3 is 0 Å². The molecule has 0 aromatic carbocycles. The number of hydrogen-bond donors (Lipinski definition) is 2. The lowest BCUT2D eigenvalue weighted by Gasteiger charge is -2.08. The Balaban J connectivity index is 2.18. The van der Waals surface area contributed by atoms with E-state index in [2.05, 4.69) is 20.2 Å². The topological polar surface area (TPSA) is 89.7 Å². The summed E-state index contributed by atoms with van der Waals surface area (Å²) in [5.74, 6) is 0.555. The van der Waals surface area contributed by atoms with E-state index >= 15 is 0 Å². The van der Waals surface area contributed by atoms with Crippen molar-refractivity contribution >= 4 is 16.7 Å². The molecule has 0 radical (unpaired) electrons. The van der Waals surface area contributed by atoms with Gasteiger partial charge in [0.25, 0.3) is 0 Å².